The minimum absolute atomic E-state index is 0. The summed E-state index contributed by atoms with van der Waals surface area (Å²) in [4.78, 5) is 18.7. The third-order valence-electron chi connectivity index (χ3n) is 4.36. The minimum atomic E-state index is -0.745. The molecule has 0 aromatic carbocycles. The fourth-order valence-corrected chi connectivity index (χ4v) is 3.12. The number of carboxylic acids is 2. The predicted molar refractivity (Wildman–Crippen MR) is 97.1 cm³/mol. The van der Waals surface area contributed by atoms with Crippen molar-refractivity contribution in [2.75, 3.05) is 7.11 Å². The van der Waals surface area contributed by atoms with Gasteiger partial charge >= 0.3 is 33.7 Å². The van der Waals surface area contributed by atoms with E-state index in [1.54, 1.807) is 36.1 Å². The Hall–Kier alpha value is -1.04. The van der Waals surface area contributed by atoms with Gasteiger partial charge < -0.3 is 15.3 Å². The second kappa shape index (κ2) is 16.2. The third-order valence-corrected chi connectivity index (χ3v) is 4.36. The van der Waals surface area contributed by atoms with Crippen LogP contribution in [-0.2, 0) is 31.3 Å². The largest absolute Gasteiger partial charge is 2.00 e. The van der Waals surface area contributed by atoms with Gasteiger partial charge in [-0.1, -0.05) is 38.7 Å². The van der Waals surface area contributed by atoms with Gasteiger partial charge in [0.15, 0.2) is 0 Å². The van der Waals surface area contributed by atoms with Crippen molar-refractivity contribution in [3.05, 3.63) is 28.7 Å². The van der Waals surface area contributed by atoms with Crippen LogP contribution < -0.4 is 5.11 Å². The summed E-state index contributed by atoms with van der Waals surface area (Å²) in [5, 5.41) is 23.7. The molecule has 2 N–H and O–H groups in total. The van der Waals surface area contributed by atoms with Crippen molar-refractivity contribution < 1.29 is 46.6 Å². The summed E-state index contributed by atoms with van der Waals surface area (Å²) in [6, 6.07) is 0. The van der Waals surface area contributed by atoms with Crippen molar-refractivity contribution in [2.24, 2.45) is 0 Å². The first-order valence-electron chi connectivity index (χ1n) is 9.10. The van der Waals surface area contributed by atoms with Crippen molar-refractivity contribution in [1.29, 1.82) is 0 Å². The standard InChI is InChI=1S/C13H17.2C3H6O2.CH3O.Ti/c1-3-7-12-10(5-1)9-11-6-2-4-8-13(11)12;2*1-2-3(4)5;1-2;/h5H,1-4,6-9H2;2*2H2,1H3,(H,4,5);1H3;/q-1;;;-1;+2. The number of hydrogen-bond acceptors (Lipinski definition) is 3. The molecule has 0 bridgehead atoms. The molecule has 0 aromatic heterocycles. The van der Waals surface area contributed by atoms with Crippen LogP contribution in [0.1, 0.15) is 78.1 Å². The quantitative estimate of drug-likeness (QED) is 0.542. The van der Waals surface area contributed by atoms with Crippen LogP contribution in [0, 0.1) is 6.42 Å². The van der Waals surface area contributed by atoms with E-state index in [0.29, 0.717) is 0 Å². The fourth-order valence-electron chi connectivity index (χ4n) is 3.12. The van der Waals surface area contributed by atoms with Crippen LogP contribution in [-0.4, -0.2) is 29.3 Å². The molecule has 0 atom stereocenters. The first kappa shape index (κ1) is 27.2. The van der Waals surface area contributed by atoms with Crippen LogP contribution in [0.3, 0.4) is 0 Å². The molecular formula is C20H32O5Ti. The Morgan fingerprint density at radius 2 is 1.38 bits per heavy atom. The number of allylic oxidation sites excluding steroid dienone is 4. The first-order chi connectivity index (χ1) is 12.0. The Labute approximate surface area is 172 Å². The number of carbonyl (C=O) groups is 2. The average Bonchev–Trinajstić information content (AvgIpc) is 3.03. The molecule has 0 heterocycles. The van der Waals surface area contributed by atoms with E-state index < -0.39 is 11.9 Å². The molecule has 3 aliphatic rings. The molecule has 5 nitrogen and oxygen atoms in total. The molecule has 0 unspecified atom stereocenters. The molecule has 0 spiro atoms. The molecule has 0 aromatic rings. The van der Waals surface area contributed by atoms with E-state index in [0.717, 1.165) is 7.11 Å². The molecule has 0 aliphatic heterocycles. The first-order valence-corrected chi connectivity index (χ1v) is 9.10. The Balaban J connectivity index is 0. The molecule has 3 rings (SSSR count). The maximum atomic E-state index is 9.37. The van der Waals surface area contributed by atoms with Crippen LogP contribution in [0.2, 0.25) is 0 Å². The second-order valence-corrected chi connectivity index (χ2v) is 6.06. The van der Waals surface area contributed by atoms with E-state index in [-0.39, 0.29) is 34.6 Å². The van der Waals surface area contributed by atoms with Crippen LogP contribution in [0.4, 0.5) is 0 Å². The van der Waals surface area contributed by atoms with Crippen LogP contribution in [0.25, 0.3) is 0 Å². The van der Waals surface area contributed by atoms with Gasteiger partial charge in [-0.3, -0.25) is 9.59 Å². The normalized spacial score (nSPS) is 16.6. The molecule has 0 saturated heterocycles. The Morgan fingerprint density at radius 3 is 1.88 bits per heavy atom. The molecule has 0 amide bonds. The van der Waals surface area contributed by atoms with Crippen molar-refractivity contribution in [2.45, 2.75) is 78.1 Å². The fraction of sp³-hybridized carbons (Fsp3) is 0.650. The summed E-state index contributed by atoms with van der Waals surface area (Å²) in [5.41, 5.74) is 7.06. The number of aliphatic carboxylic acids is 2. The van der Waals surface area contributed by atoms with E-state index in [1.807, 2.05) is 0 Å². The van der Waals surface area contributed by atoms with Crippen LogP contribution >= 0.6 is 0 Å². The predicted octanol–water partition coefficient (Wildman–Crippen LogP) is 3.88. The van der Waals surface area contributed by atoms with Crippen molar-refractivity contribution in [1.82, 2.24) is 0 Å². The molecular weight excluding hydrogens is 368 g/mol. The zero-order valence-electron chi connectivity index (χ0n) is 16.3. The zero-order valence-corrected chi connectivity index (χ0v) is 17.8. The van der Waals surface area contributed by atoms with Gasteiger partial charge in [0.1, 0.15) is 0 Å². The summed E-state index contributed by atoms with van der Waals surface area (Å²) in [7, 11) is 0.750. The number of fused-ring (bicyclic) bond motifs is 1. The molecule has 0 saturated carbocycles. The van der Waals surface area contributed by atoms with E-state index in [2.05, 4.69) is 6.42 Å². The van der Waals surface area contributed by atoms with Gasteiger partial charge in [-0.2, -0.15) is 12.7 Å². The van der Waals surface area contributed by atoms with Crippen molar-refractivity contribution in [3.63, 3.8) is 0 Å². The topological polar surface area (TPSA) is 97.7 Å². The van der Waals surface area contributed by atoms with Gasteiger partial charge in [0.05, 0.1) is 0 Å². The van der Waals surface area contributed by atoms with Gasteiger partial charge in [0, 0.05) is 12.8 Å². The number of carboxylic acid groups (broad SMARTS) is 2. The Morgan fingerprint density at radius 1 is 0.923 bits per heavy atom. The summed E-state index contributed by atoms with van der Waals surface area (Å²) in [6.07, 6.45) is 14.1. The van der Waals surface area contributed by atoms with E-state index in [4.69, 9.17) is 15.3 Å². The number of hydrogen-bond donors (Lipinski definition) is 2. The minimum Gasteiger partial charge on any atom is -0.857 e. The van der Waals surface area contributed by atoms with Crippen LogP contribution in [0.15, 0.2) is 22.3 Å². The molecule has 26 heavy (non-hydrogen) atoms. The zero-order chi connectivity index (χ0) is 19.2. The van der Waals surface area contributed by atoms with Gasteiger partial charge in [-0.25, -0.2) is 12.0 Å². The maximum Gasteiger partial charge on any atom is 2.00 e. The summed E-state index contributed by atoms with van der Waals surface area (Å²) >= 11 is 0. The Bertz CT molecular complexity index is 450. The average molecular weight is 400 g/mol. The SMILES string of the molecule is CCC(=O)O.CCC(=O)O.C[O-].[CH-]1CCCC2=C1CC1=C2CCCC1.[Ti+2]. The molecule has 6 heteroatoms. The van der Waals surface area contributed by atoms with Gasteiger partial charge in [-0.15, -0.1) is 12.0 Å². The van der Waals surface area contributed by atoms with E-state index >= 15 is 0 Å². The van der Waals surface area contributed by atoms with Crippen molar-refractivity contribution >= 4 is 11.9 Å². The second-order valence-electron chi connectivity index (χ2n) is 6.06. The van der Waals surface area contributed by atoms with E-state index in [9.17, 15) is 9.59 Å². The van der Waals surface area contributed by atoms with Gasteiger partial charge in [0.2, 0.25) is 0 Å². The van der Waals surface area contributed by atoms with Crippen molar-refractivity contribution in [3.8, 4) is 0 Å². The van der Waals surface area contributed by atoms with Gasteiger partial charge in [-0.05, 0) is 25.7 Å². The molecule has 0 radical (unpaired) electrons. The van der Waals surface area contributed by atoms with Gasteiger partial charge in [0.25, 0.3) is 0 Å². The van der Waals surface area contributed by atoms with Crippen LogP contribution in [0.5, 0.6) is 0 Å². The smallest absolute Gasteiger partial charge is 0.857 e. The molecule has 3 aliphatic carbocycles. The monoisotopic (exact) mass is 400 g/mol. The molecule has 146 valence electrons. The Kier molecular flexibility index (Phi) is 16.9. The van der Waals surface area contributed by atoms with E-state index in [1.165, 1.54) is 51.4 Å². The molecule has 0 fully saturated rings. The summed E-state index contributed by atoms with van der Waals surface area (Å²) < 4.78 is 0. The maximum absolute atomic E-state index is 9.37. The number of rotatable bonds is 2. The summed E-state index contributed by atoms with van der Waals surface area (Å²) in [6.45, 7) is 3.20. The summed E-state index contributed by atoms with van der Waals surface area (Å²) in [5.74, 6) is -1.49. The third kappa shape index (κ3) is 10.2.